The minimum absolute atomic E-state index is 0. The molecule has 25 heavy (non-hydrogen) atoms. The Morgan fingerprint density at radius 2 is 2.24 bits per heavy atom. The predicted octanol–water partition coefficient (Wildman–Crippen LogP) is 4.49. The molecular weight excluding hydrogens is 354 g/mol. The van der Waals surface area contributed by atoms with Crippen LogP contribution in [0.1, 0.15) is 34.4 Å². The van der Waals surface area contributed by atoms with Crippen molar-refractivity contribution in [3.63, 3.8) is 0 Å². The van der Waals surface area contributed by atoms with Gasteiger partial charge in [0.25, 0.3) is 0 Å². The zero-order chi connectivity index (χ0) is 16.4. The molecule has 3 aromatic rings. The fraction of sp³-hybridized carbons (Fsp3) is 0.263. The summed E-state index contributed by atoms with van der Waals surface area (Å²) in [5.41, 5.74) is 2.62. The van der Waals surface area contributed by atoms with Gasteiger partial charge in [0.2, 0.25) is 0 Å². The van der Waals surface area contributed by atoms with Crippen molar-refractivity contribution in [3.05, 3.63) is 75.7 Å². The summed E-state index contributed by atoms with van der Waals surface area (Å²) in [6, 6.07) is 14.3. The molecule has 1 aliphatic rings. The highest BCUT2D eigenvalue weighted by Gasteiger charge is 2.42. The smallest absolute Gasteiger partial charge is 0.128 e. The number of hydrogen-bond donors (Lipinski definition) is 0. The van der Waals surface area contributed by atoms with Gasteiger partial charge in [-0.2, -0.15) is 10.4 Å². The normalized spacial score (nSPS) is 18.4. The quantitative estimate of drug-likeness (QED) is 0.663. The summed E-state index contributed by atoms with van der Waals surface area (Å²) in [7, 11) is 0. The van der Waals surface area contributed by atoms with Gasteiger partial charge in [-0.15, -0.1) is 23.7 Å². The first-order valence-corrected chi connectivity index (χ1v) is 8.89. The first-order chi connectivity index (χ1) is 11.8. The molecule has 0 radical (unpaired) electrons. The molecule has 0 saturated heterocycles. The van der Waals surface area contributed by atoms with E-state index in [1.165, 1.54) is 10.4 Å². The average molecular weight is 372 g/mol. The highest BCUT2D eigenvalue weighted by Crippen LogP contribution is 2.47. The average Bonchev–Trinajstić information content (AvgIpc) is 3.36. The molecule has 4 rings (SSSR count). The van der Waals surface area contributed by atoms with E-state index in [9.17, 15) is 0 Å². The summed E-state index contributed by atoms with van der Waals surface area (Å²) in [6.45, 7) is 1.43. The number of rotatable bonds is 5. The Balaban J connectivity index is 0.00000182. The van der Waals surface area contributed by atoms with Crippen molar-refractivity contribution in [1.82, 2.24) is 9.78 Å². The predicted molar refractivity (Wildman–Crippen MR) is 99.8 cm³/mol. The molecule has 0 amide bonds. The van der Waals surface area contributed by atoms with Gasteiger partial charge in [0.1, 0.15) is 5.60 Å². The molecule has 1 unspecified atom stereocenters. The first kappa shape index (κ1) is 17.7. The van der Waals surface area contributed by atoms with Crippen molar-refractivity contribution in [1.29, 1.82) is 5.26 Å². The lowest BCUT2D eigenvalue weighted by Gasteiger charge is -2.29. The zero-order valence-corrected chi connectivity index (χ0v) is 15.2. The topological polar surface area (TPSA) is 50.8 Å². The number of thiophene rings is 1. The fourth-order valence-corrected chi connectivity index (χ4v) is 4.34. The number of fused-ring (bicyclic) bond motifs is 1. The van der Waals surface area contributed by atoms with Gasteiger partial charge in [-0.25, -0.2) is 0 Å². The summed E-state index contributed by atoms with van der Waals surface area (Å²) in [6.07, 6.45) is 5.66. The second kappa shape index (κ2) is 7.40. The van der Waals surface area contributed by atoms with E-state index >= 15 is 0 Å². The fourth-order valence-electron chi connectivity index (χ4n) is 3.42. The second-order valence-electron chi connectivity index (χ2n) is 5.95. The Hall–Kier alpha value is -2.13. The summed E-state index contributed by atoms with van der Waals surface area (Å²) in [5.74, 6) is 0. The van der Waals surface area contributed by atoms with Crippen molar-refractivity contribution in [3.8, 4) is 6.07 Å². The van der Waals surface area contributed by atoms with Gasteiger partial charge in [0.05, 0.1) is 18.2 Å². The molecule has 0 saturated carbocycles. The van der Waals surface area contributed by atoms with Crippen molar-refractivity contribution in [2.75, 3.05) is 0 Å². The van der Waals surface area contributed by atoms with Crippen LogP contribution in [0.2, 0.25) is 0 Å². The highest BCUT2D eigenvalue weighted by atomic mass is 35.5. The monoisotopic (exact) mass is 371 g/mol. The summed E-state index contributed by atoms with van der Waals surface area (Å²) in [4.78, 5) is 1.23. The van der Waals surface area contributed by atoms with E-state index in [1.54, 1.807) is 17.5 Å². The Morgan fingerprint density at radius 3 is 2.96 bits per heavy atom. The SMILES string of the molecule is Cl.N#Cc1ccc2c(c1)COC2(CCCn1cccn1)c1cccs1. The number of halogens is 1. The molecule has 1 atom stereocenters. The Kier molecular flexibility index (Phi) is 5.24. The Labute approximate surface area is 157 Å². The van der Waals surface area contributed by atoms with E-state index in [0.29, 0.717) is 12.2 Å². The molecule has 2 aromatic heterocycles. The minimum Gasteiger partial charge on any atom is -0.360 e. The maximum absolute atomic E-state index is 9.13. The largest absolute Gasteiger partial charge is 0.360 e. The van der Waals surface area contributed by atoms with Crippen LogP contribution in [0, 0.1) is 11.3 Å². The van der Waals surface area contributed by atoms with Gasteiger partial charge in [0, 0.05) is 23.8 Å². The van der Waals surface area contributed by atoms with Crippen LogP contribution >= 0.6 is 23.7 Å². The molecule has 0 aliphatic carbocycles. The Morgan fingerprint density at radius 1 is 1.32 bits per heavy atom. The number of hydrogen-bond acceptors (Lipinski definition) is 4. The third-order valence-electron chi connectivity index (χ3n) is 4.54. The lowest BCUT2D eigenvalue weighted by atomic mass is 9.86. The number of benzene rings is 1. The zero-order valence-electron chi connectivity index (χ0n) is 13.6. The van der Waals surface area contributed by atoms with Gasteiger partial charge in [-0.3, -0.25) is 4.68 Å². The first-order valence-electron chi connectivity index (χ1n) is 8.01. The molecule has 0 fully saturated rings. The van der Waals surface area contributed by atoms with Gasteiger partial charge in [-0.1, -0.05) is 12.1 Å². The van der Waals surface area contributed by atoms with Crippen molar-refractivity contribution < 1.29 is 4.74 Å². The van der Waals surface area contributed by atoms with Gasteiger partial charge < -0.3 is 4.74 Å². The Bertz CT molecular complexity index is 871. The third-order valence-corrected chi connectivity index (χ3v) is 5.55. The van der Waals surface area contributed by atoms with Crippen LogP contribution in [0.15, 0.2) is 54.2 Å². The van der Waals surface area contributed by atoms with Gasteiger partial charge >= 0.3 is 0 Å². The lowest BCUT2D eigenvalue weighted by Crippen LogP contribution is -2.26. The van der Waals surface area contributed by atoms with E-state index in [-0.39, 0.29) is 12.4 Å². The van der Waals surface area contributed by atoms with Crippen molar-refractivity contribution in [2.45, 2.75) is 31.6 Å². The van der Waals surface area contributed by atoms with Crippen LogP contribution in [0.25, 0.3) is 0 Å². The number of aryl methyl sites for hydroxylation is 1. The van der Waals surface area contributed by atoms with Crippen LogP contribution in [0.5, 0.6) is 0 Å². The van der Waals surface area contributed by atoms with Crippen molar-refractivity contribution in [2.24, 2.45) is 0 Å². The molecule has 128 valence electrons. The van der Waals surface area contributed by atoms with E-state index in [4.69, 9.17) is 10.00 Å². The maximum Gasteiger partial charge on any atom is 0.128 e. The molecule has 0 bridgehead atoms. The molecule has 1 aliphatic heterocycles. The van der Waals surface area contributed by atoms with Crippen LogP contribution in [-0.4, -0.2) is 9.78 Å². The van der Waals surface area contributed by atoms with E-state index in [1.807, 2.05) is 29.1 Å². The van der Waals surface area contributed by atoms with Crippen LogP contribution < -0.4 is 0 Å². The molecule has 3 heterocycles. The second-order valence-corrected chi connectivity index (χ2v) is 6.90. The molecule has 0 N–H and O–H groups in total. The highest BCUT2D eigenvalue weighted by molar-refractivity contribution is 7.10. The standard InChI is InChI=1S/C19H17N3OS.ClH/c20-13-15-5-6-17-16(12-15)14-23-19(17,18-4-1-11-24-18)7-2-9-22-10-3-8-21-22;/h1,3-6,8,10-12H,2,7,9,14H2;1H. The lowest BCUT2D eigenvalue weighted by molar-refractivity contribution is -0.0111. The van der Waals surface area contributed by atoms with E-state index in [2.05, 4.69) is 34.7 Å². The third kappa shape index (κ3) is 3.21. The molecule has 0 spiro atoms. The minimum atomic E-state index is -0.398. The van der Waals surface area contributed by atoms with Crippen LogP contribution in [0.4, 0.5) is 0 Å². The summed E-state index contributed by atoms with van der Waals surface area (Å²) < 4.78 is 8.30. The molecular formula is C19H18ClN3OS. The number of ether oxygens (including phenoxy) is 1. The molecule has 4 nitrogen and oxygen atoms in total. The molecule has 6 heteroatoms. The van der Waals surface area contributed by atoms with Gasteiger partial charge in [0.15, 0.2) is 0 Å². The number of nitriles is 1. The van der Waals surface area contributed by atoms with E-state index < -0.39 is 5.60 Å². The summed E-state index contributed by atoms with van der Waals surface area (Å²) in [5, 5.41) is 15.5. The van der Waals surface area contributed by atoms with Crippen molar-refractivity contribution >= 4 is 23.7 Å². The number of aromatic nitrogens is 2. The molecule has 1 aromatic carbocycles. The van der Waals surface area contributed by atoms with Crippen LogP contribution in [0.3, 0.4) is 0 Å². The summed E-state index contributed by atoms with van der Waals surface area (Å²) >= 11 is 1.73. The number of nitrogens with zero attached hydrogens (tertiary/aromatic N) is 3. The van der Waals surface area contributed by atoms with Crippen LogP contribution in [-0.2, 0) is 23.5 Å². The van der Waals surface area contributed by atoms with Gasteiger partial charge in [-0.05, 0) is 53.6 Å². The van der Waals surface area contributed by atoms with E-state index in [0.717, 1.165) is 24.9 Å². The maximum atomic E-state index is 9.13.